The van der Waals surface area contributed by atoms with Crippen LogP contribution < -0.4 is 5.32 Å². The SMILES string of the molecule is CCC(C)CNc1cccc(Cl)c1C#N. The number of nitriles is 1. The fourth-order valence-electron chi connectivity index (χ4n) is 1.21. The van der Waals surface area contributed by atoms with Gasteiger partial charge in [-0.05, 0) is 18.1 Å². The third-order valence-corrected chi connectivity index (χ3v) is 2.78. The second-order valence-corrected chi connectivity index (χ2v) is 4.08. The Morgan fingerprint density at radius 3 is 2.87 bits per heavy atom. The topological polar surface area (TPSA) is 35.8 Å². The molecule has 80 valence electrons. The molecule has 0 saturated heterocycles. The van der Waals surface area contributed by atoms with Gasteiger partial charge >= 0.3 is 0 Å². The van der Waals surface area contributed by atoms with E-state index in [1.165, 1.54) is 0 Å². The van der Waals surface area contributed by atoms with E-state index in [9.17, 15) is 0 Å². The zero-order valence-electron chi connectivity index (χ0n) is 9.05. The molecule has 1 aromatic rings. The number of anilines is 1. The number of halogens is 1. The largest absolute Gasteiger partial charge is 0.384 e. The highest BCUT2D eigenvalue weighted by Crippen LogP contribution is 2.23. The van der Waals surface area contributed by atoms with E-state index in [1.807, 2.05) is 12.1 Å². The monoisotopic (exact) mass is 222 g/mol. The average molecular weight is 223 g/mol. The molecule has 0 heterocycles. The third kappa shape index (κ3) is 3.14. The van der Waals surface area contributed by atoms with Gasteiger partial charge in [-0.2, -0.15) is 5.26 Å². The van der Waals surface area contributed by atoms with Crippen molar-refractivity contribution < 1.29 is 0 Å². The van der Waals surface area contributed by atoms with Crippen LogP contribution in [0.2, 0.25) is 5.02 Å². The number of benzene rings is 1. The molecule has 1 rings (SSSR count). The fraction of sp³-hybridized carbons (Fsp3) is 0.417. The van der Waals surface area contributed by atoms with Crippen molar-refractivity contribution in [1.29, 1.82) is 5.26 Å². The molecule has 0 aliphatic carbocycles. The summed E-state index contributed by atoms with van der Waals surface area (Å²) in [6.45, 7) is 5.19. The summed E-state index contributed by atoms with van der Waals surface area (Å²) in [5, 5.41) is 12.7. The smallest absolute Gasteiger partial charge is 0.103 e. The number of rotatable bonds is 4. The summed E-state index contributed by atoms with van der Waals surface area (Å²) >= 11 is 5.92. The number of hydrogen-bond acceptors (Lipinski definition) is 2. The Kier molecular flexibility index (Phi) is 4.45. The Bertz CT molecular complexity index is 368. The van der Waals surface area contributed by atoms with Crippen molar-refractivity contribution in [2.24, 2.45) is 5.92 Å². The number of nitrogens with zero attached hydrogens (tertiary/aromatic N) is 1. The molecule has 0 bridgehead atoms. The van der Waals surface area contributed by atoms with Crippen LogP contribution in [0.5, 0.6) is 0 Å². The molecule has 0 aromatic heterocycles. The highest BCUT2D eigenvalue weighted by Gasteiger charge is 2.06. The van der Waals surface area contributed by atoms with Gasteiger partial charge < -0.3 is 5.32 Å². The molecule has 0 radical (unpaired) electrons. The van der Waals surface area contributed by atoms with Gasteiger partial charge in [-0.1, -0.05) is 37.9 Å². The molecule has 0 aliphatic heterocycles. The summed E-state index contributed by atoms with van der Waals surface area (Å²) in [5.74, 6) is 0.593. The second kappa shape index (κ2) is 5.63. The average Bonchev–Trinajstić information content (AvgIpc) is 2.25. The Balaban J connectivity index is 2.77. The van der Waals surface area contributed by atoms with E-state index in [-0.39, 0.29) is 0 Å². The van der Waals surface area contributed by atoms with Crippen LogP contribution in [0.25, 0.3) is 0 Å². The lowest BCUT2D eigenvalue weighted by molar-refractivity contribution is 0.593. The van der Waals surface area contributed by atoms with Gasteiger partial charge in [0.25, 0.3) is 0 Å². The molecule has 1 aromatic carbocycles. The highest BCUT2D eigenvalue weighted by molar-refractivity contribution is 6.32. The van der Waals surface area contributed by atoms with Gasteiger partial charge in [-0.3, -0.25) is 0 Å². The maximum Gasteiger partial charge on any atom is 0.103 e. The summed E-state index contributed by atoms with van der Waals surface area (Å²) in [5.41, 5.74) is 1.35. The van der Waals surface area contributed by atoms with Gasteiger partial charge in [0.05, 0.1) is 16.3 Å². The molecular formula is C12H15ClN2. The van der Waals surface area contributed by atoms with Crippen LogP contribution in [-0.4, -0.2) is 6.54 Å². The summed E-state index contributed by atoms with van der Waals surface area (Å²) in [4.78, 5) is 0. The molecule has 1 N–H and O–H groups in total. The van der Waals surface area contributed by atoms with Crippen LogP contribution in [0.3, 0.4) is 0 Å². The molecule has 3 heteroatoms. The predicted octanol–water partition coefficient (Wildman–Crippen LogP) is 3.67. The second-order valence-electron chi connectivity index (χ2n) is 3.67. The van der Waals surface area contributed by atoms with Crippen LogP contribution in [0, 0.1) is 17.2 Å². The van der Waals surface area contributed by atoms with Gasteiger partial charge in [0.2, 0.25) is 0 Å². The molecule has 2 nitrogen and oxygen atoms in total. The molecule has 0 spiro atoms. The van der Waals surface area contributed by atoms with E-state index in [2.05, 4.69) is 25.2 Å². The normalized spacial score (nSPS) is 11.9. The van der Waals surface area contributed by atoms with Gasteiger partial charge in [-0.25, -0.2) is 0 Å². The van der Waals surface area contributed by atoms with Crippen molar-refractivity contribution in [3.63, 3.8) is 0 Å². The van der Waals surface area contributed by atoms with Crippen LogP contribution in [0.4, 0.5) is 5.69 Å². The molecule has 0 aliphatic rings. The Morgan fingerprint density at radius 2 is 2.27 bits per heavy atom. The van der Waals surface area contributed by atoms with E-state index in [0.717, 1.165) is 18.7 Å². The van der Waals surface area contributed by atoms with Crippen molar-refractivity contribution in [3.8, 4) is 6.07 Å². The first kappa shape index (κ1) is 11.9. The van der Waals surface area contributed by atoms with E-state index >= 15 is 0 Å². The minimum atomic E-state index is 0.506. The standard InChI is InChI=1S/C12H15ClN2/c1-3-9(2)8-15-12-6-4-5-11(13)10(12)7-14/h4-6,9,15H,3,8H2,1-2H3. The third-order valence-electron chi connectivity index (χ3n) is 2.46. The molecule has 0 fully saturated rings. The highest BCUT2D eigenvalue weighted by atomic mass is 35.5. The van der Waals surface area contributed by atoms with Gasteiger partial charge in [0.15, 0.2) is 0 Å². The molecule has 1 unspecified atom stereocenters. The first-order chi connectivity index (χ1) is 7.19. The van der Waals surface area contributed by atoms with Crippen molar-refractivity contribution in [2.75, 3.05) is 11.9 Å². The number of nitrogens with one attached hydrogen (secondary N) is 1. The molecule has 1 atom stereocenters. The summed E-state index contributed by atoms with van der Waals surface area (Å²) in [6.07, 6.45) is 1.12. The molecule has 0 saturated carbocycles. The van der Waals surface area contributed by atoms with E-state index in [4.69, 9.17) is 16.9 Å². The van der Waals surface area contributed by atoms with Gasteiger partial charge in [0.1, 0.15) is 6.07 Å². The van der Waals surface area contributed by atoms with Crippen LogP contribution in [0.1, 0.15) is 25.8 Å². The van der Waals surface area contributed by atoms with Gasteiger partial charge in [-0.15, -0.1) is 0 Å². The quantitative estimate of drug-likeness (QED) is 0.844. The van der Waals surface area contributed by atoms with Crippen molar-refractivity contribution >= 4 is 17.3 Å². The summed E-state index contributed by atoms with van der Waals surface area (Å²) in [6, 6.07) is 7.57. The molecule has 15 heavy (non-hydrogen) atoms. The maximum absolute atomic E-state index is 8.95. The zero-order valence-corrected chi connectivity index (χ0v) is 9.80. The summed E-state index contributed by atoms with van der Waals surface area (Å²) < 4.78 is 0. The lowest BCUT2D eigenvalue weighted by Crippen LogP contribution is -2.11. The lowest BCUT2D eigenvalue weighted by Gasteiger charge is -2.12. The van der Waals surface area contributed by atoms with Crippen LogP contribution >= 0.6 is 11.6 Å². The van der Waals surface area contributed by atoms with E-state index in [0.29, 0.717) is 16.5 Å². The zero-order chi connectivity index (χ0) is 11.3. The maximum atomic E-state index is 8.95. The Labute approximate surface area is 95.9 Å². The van der Waals surface area contributed by atoms with Gasteiger partial charge in [0, 0.05) is 6.54 Å². The number of hydrogen-bond donors (Lipinski definition) is 1. The van der Waals surface area contributed by atoms with E-state index in [1.54, 1.807) is 6.07 Å². The summed E-state index contributed by atoms with van der Waals surface area (Å²) in [7, 11) is 0. The Hall–Kier alpha value is -1.20. The minimum absolute atomic E-state index is 0.506. The van der Waals surface area contributed by atoms with Crippen LogP contribution in [-0.2, 0) is 0 Å². The first-order valence-electron chi connectivity index (χ1n) is 5.11. The molecular weight excluding hydrogens is 208 g/mol. The van der Waals surface area contributed by atoms with Crippen LogP contribution in [0.15, 0.2) is 18.2 Å². The van der Waals surface area contributed by atoms with E-state index < -0.39 is 0 Å². The minimum Gasteiger partial charge on any atom is -0.384 e. The Morgan fingerprint density at radius 1 is 1.53 bits per heavy atom. The lowest BCUT2D eigenvalue weighted by atomic mass is 10.1. The molecule has 0 amide bonds. The van der Waals surface area contributed by atoms with Crippen molar-refractivity contribution in [3.05, 3.63) is 28.8 Å². The van der Waals surface area contributed by atoms with Crippen molar-refractivity contribution in [2.45, 2.75) is 20.3 Å². The van der Waals surface area contributed by atoms with Crippen molar-refractivity contribution in [1.82, 2.24) is 0 Å². The predicted molar refractivity (Wildman–Crippen MR) is 64.1 cm³/mol. The fourth-order valence-corrected chi connectivity index (χ4v) is 1.43. The first-order valence-corrected chi connectivity index (χ1v) is 5.49.